The fraction of sp³-hybridized carbons (Fsp3) is 0.511. The van der Waals surface area contributed by atoms with Gasteiger partial charge in [0, 0.05) is 59.4 Å². The van der Waals surface area contributed by atoms with Crippen LogP contribution in [0.25, 0.3) is 0 Å². The van der Waals surface area contributed by atoms with E-state index in [1.165, 1.54) is 0 Å². The minimum atomic E-state index is -1.05. The predicted octanol–water partition coefficient (Wildman–Crippen LogP) is 9.37. The second-order valence-electron chi connectivity index (χ2n) is 17.7. The van der Waals surface area contributed by atoms with Gasteiger partial charge in [0.15, 0.2) is 0 Å². The zero-order chi connectivity index (χ0) is 44.2. The number of amides is 2. The van der Waals surface area contributed by atoms with Gasteiger partial charge < -0.3 is 30.6 Å². The molecule has 332 valence electrons. The van der Waals surface area contributed by atoms with Gasteiger partial charge in [-0.05, 0) is 83.8 Å². The molecule has 2 aromatic heterocycles. The van der Waals surface area contributed by atoms with E-state index < -0.39 is 34.1 Å². The van der Waals surface area contributed by atoms with E-state index in [1.54, 1.807) is 48.8 Å². The Morgan fingerprint density at radius 3 is 1.46 bits per heavy atom. The SMILES string of the molecule is C.CC(C)[C@@H](Nc1ccnc(Cl)n1)C(=O)N1CC[C@](O)(c2ccc(Cl)cc2)C(C)(C)C1.CC(C)[C@@H](Nc1nccc(Cl)n1)C(=O)N1CC[C@](O)(c2ccc(Cl)cc2)C(C)(C)C1. The maximum Gasteiger partial charge on any atom is 0.245 e. The third-order valence-corrected chi connectivity index (χ3v) is 12.8. The molecule has 4 N–H and O–H groups in total. The molecule has 4 atom stereocenters. The maximum absolute atomic E-state index is 13.4. The van der Waals surface area contributed by atoms with Gasteiger partial charge in [0.1, 0.15) is 23.1 Å². The van der Waals surface area contributed by atoms with Crippen LogP contribution in [0.4, 0.5) is 11.8 Å². The first-order valence-electron chi connectivity index (χ1n) is 20.1. The zero-order valence-electron chi connectivity index (χ0n) is 35.4. The Balaban J connectivity index is 0.000000264. The molecule has 0 bridgehead atoms. The van der Waals surface area contributed by atoms with Gasteiger partial charge in [0.05, 0.1) is 11.2 Å². The summed E-state index contributed by atoms with van der Waals surface area (Å²) in [6.07, 6.45) is 3.98. The number of hydrogen-bond acceptors (Lipinski definition) is 10. The van der Waals surface area contributed by atoms with Gasteiger partial charge in [-0.2, -0.15) is 0 Å². The molecule has 4 aromatic rings. The molecule has 0 saturated carbocycles. The van der Waals surface area contributed by atoms with Crippen LogP contribution in [0, 0.1) is 22.7 Å². The number of carbonyl (C=O) groups is 2. The van der Waals surface area contributed by atoms with Gasteiger partial charge in [-0.25, -0.2) is 19.9 Å². The van der Waals surface area contributed by atoms with Gasteiger partial charge in [-0.1, -0.05) is 122 Å². The van der Waals surface area contributed by atoms with Gasteiger partial charge in [0.2, 0.25) is 23.0 Å². The summed E-state index contributed by atoms with van der Waals surface area (Å²) in [7, 11) is 0. The first kappa shape index (κ1) is 49.9. The number of anilines is 2. The van der Waals surface area contributed by atoms with Crippen LogP contribution in [0.1, 0.15) is 86.8 Å². The summed E-state index contributed by atoms with van der Waals surface area (Å²) in [5, 5.41) is 31.1. The highest BCUT2D eigenvalue weighted by Gasteiger charge is 2.51. The van der Waals surface area contributed by atoms with Crippen molar-refractivity contribution in [2.45, 2.75) is 98.9 Å². The number of nitrogens with zero attached hydrogens (tertiary/aromatic N) is 6. The smallest absolute Gasteiger partial charge is 0.245 e. The molecule has 0 spiro atoms. The average Bonchev–Trinajstić information content (AvgIpc) is 3.18. The average molecular weight is 919 g/mol. The molecule has 61 heavy (non-hydrogen) atoms. The van der Waals surface area contributed by atoms with E-state index in [4.69, 9.17) is 46.4 Å². The Hall–Kier alpha value is -3.78. The Bertz CT molecular complexity index is 1960. The van der Waals surface area contributed by atoms with Crippen molar-refractivity contribution in [3.05, 3.63) is 105 Å². The summed E-state index contributed by atoms with van der Waals surface area (Å²) < 4.78 is 0. The molecule has 4 heterocycles. The van der Waals surface area contributed by atoms with Gasteiger partial charge in [-0.3, -0.25) is 9.59 Å². The van der Waals surface area contributed by atoms with Crippen LogP contribution in [-0.4, -0.2) is 90.0 Å². The molecule has 2 aliphatic rings. The van der Waals surface area contributed by atoms with E-state index >= 15 is 0 Å². The Kier molecular flexibility index (Phi) is 16.5. The molecule has 2 fully saturated rings. The summed E-state index contributed by atoms with van der Waals surface area (Å²) in [6.45, 7) is 17.6. The first-order valence-corrected chi connectivity index (χ1v) is 21.6. The number of piperidine rings is 2. The fourth-order valence-electron chi connectivity index (χ4n) is 8.08. The Morgan fingerprint density at radius 1 is 0.639 bits per heavy atom. The number of hydrogen-bond donors (Lipinski definition) is 4. The Morgan fingerprint density at radius 2 is 1.07 bits per heavy atom. The first-order chi connectivity index (χ1) is 28.1. The normalized spacial score (nSPS) is 21.7. The van der Waals surface area contributed by atoms with Crippen LogP contribution in [0.15, 0.2) is 73.1 Å². The standard InChI is InChI=1S/2C22H28Cl2N4O2.CH4/c1-14(2)18(26-17-9-11-25-20(24)27-17)19(29)28-12-10-22(30,21(3,4)13-28)15-5-7-16(23)8-6-15;1-14(2)18(27-20-25-11-9-17(24)26-20)19(29)28-12-10-22(30,21(3,4)13-28)15-5-7-16(23)8-6-15;/h2*5-9,11,14,18,30H,10,12-13H2,1-4H3,(H,25,26,27);1H4/t2*18-,22+;/m11./s1. The molecule has 0 aliphatic carbocycles. The number of aliphatic hydroxyl groups is 2. The lowest BCUT2D eigenvalue weighted by Gasteiger charge is -2.51. The number of aromatic nitrogens is 4. The molecule has 12 nitrogen and oxygen atoms in total. The lowest BCUT2D eigenvalue weighted by Crippen LogP contribution is -2.59. The molecule has 2 aromatic carbocycles. The van der Waals surface area contributed by atoms with Crippen molar-refractivity contribution in [3.8, 4) is 0 Å². The molecular formula is C45H60Cl4N8O4. The molecule has 2 amide bonds. The van der Waals surface area contributed by atoms with Crippen molar-refractivity contribution in [2.24, 2.45) is 22.7 Å². The maximum atomic E-state index is 13.4. The third-order valence-electron chi connectivity index (χ3n) is 11.9. The van der Waals surface area contributed by atoms with E-state index in [0.717, 1.165) is 11.1 Å². The minimum Gasteiger partial charge on any atom is -0.384 e. The van der Waals surface area contributed by atoms with Crippen LogP contribution >= 0.6 is 46.4 Å². The highest BCUT2D eigenvalue weighted by Crippen LogP contribution is 2.47. The van der Waals surface area contributed by atoms with Crippen molar-refractivity contribution in [1.29, 1.82) is 0 Å². The molecule has 2 saturated heterocycles. The van der Waals surface area contributed by atoms with E-state index in [1.807, 2.05) is 89.5 Å². The van der Waals surface area contributed by atoms with Crippen LogP contribution in [0.5, 0.6) is 0 Å². The van der Waals surface area contributed by atoms with Crippen LogP contribution in [0.3, 0.4) is 0 Å². The largest absolute Gasteiger partial charge is 0.384 e. The van der Waals surface area contributed by atoms with E-state index in [9.17, 15) is 19.8 Å². The molecule has 0 radical (unpaired) electrons. The third kappa shape index (κ3) is 11.4. The number of carbonyl (C=O) groups excluding carboxylic acids is 2. The number of halogens is 4. The number of rotatable bonds is 10. The number of nitrogens with one attached hydrogen (secondary N) is 2. The monoisotopic (exact) mass is 916 g/mol. The van der Waals surface area contributed by atoms with Crippen LogP contribution in [-0.2, 0) is 20.8 Å². The van der Waals surface area contributed by atoms with Crippen molar-refractivity contribution in [3.63, 3.8) is 0 Å². The van der Waals surface area contributed by atoms with Crippen molar-refractivity contribution >= 4 is 70.0 Å². The lowest BCUT2D eigenvalue weighted by atomic mass is 9.66. The second-order valence-corrected chi connectivity index (χ2v) is 19.3. The van der Waals surface area contributed by atoms with E-state index in [2.05, 4.69) is 30.6 Å². The summed E-state index contributed by atoms with van der Waals surface area (Å²) in [5.74, 6) is 0.817. The molecule has 0 unspecified atom stereocenters. The predicted molar refractivity (Wildman–Crippen MR) is 246 cm³/mol. The molecule has 6 rings (SSSR count). The summed E-state index contributed by atoms with van der Waals surface area (Å²) in [4.78, 5) is 46.7. The topological polar surface area (TPSA) is 157 Å². The zero-order valence-corrected chi connectivity index (χ0v) is 38.4. The van der Waals surface area contributed by atoms with Gasteiger partial charge >= 0.3 is 0 Å². The lowest BCUT2D eigenvalue weighted by molar-refractivity contribution is -0.155. The summed E-state index contributed by atoms with van der Waals surface area (Å²) in [5.41, 5.74) is -1.56. The van der Waals surface area contributed by atoms with E-state index in [0.29, 0.717) is 66.0 Å². The quantitative estimate of drug-likeness (QED) is 0.0893. The van der Waals surface area contributed by atoms with Gasteiger partial charge in [-0.15, -0.1) is 0 Å². The minimum absolute atomic E-state index is 0. The summed E-state index contributed by atoms with van der Waals surface area (Å²) in [6, 6.07) is 16.9. The highest BCUT2D eigenvalue weighted by atomic mass is 35.5. The van der Waals surface area contributed by atoms with E-state index in [-0.39, 0.29) is 36.4 Å². The second kappa shape index (κ2) is 20.2. The number of likely N-dealkylation sites (tertiary alicyclic amines) is 2. The van der Waals surface area contributed by atoms with Crippen molar-refractivity contribution in [2.75, 3.05) is 36.8 Å². The van der Waals surface area contributed by atoms with Crippen LogP contribution < -0.4 is 10.6 Å². The van der Waals surface area contributed by atoms with Crippen molar-refractivity contribution < 1.29 is 19.8 Å². The fourth-order valence-corrected chi connectivity index (χ4v) is 8.62. The summed E-state index contributed by atoms with van der Waals surface area (Å²) >= 11 is 23.9. The highest BCUT2D eigenvalue weighted by molar-refractivity contribution is 6.31. The molecular weight excluding hydrogens is 858 g/mol. The number of benzene rings is 2. The molecule has 16 heteroatoms. The van der Waals surface area contributed by atoms with Gasteiger partial charge in [0.25, 0.3) is 0 Å². The van der Waals surface area contributed by atoms with Crippen molar-refractivity contribution in [1.82, 2.24) is 29.7 Å². The van der Waals surface area contributed by atoms with Crippen LogP contribution in [0.2, 0.25) is 20.5 Å². The molecule has 2 aliphatic heterocycles. The Labute approximate surface area is 380 Å².